The Labute approximate surface area is 146 Å². The molecule has 0 aliphatic carbocycles. The molecule has 7 nitrogen and oxygen atoms in total. The maximum absolute atomic E-state index is 11.6. The van der Waals surface area contributed by atoms with Crippen molar-refractivity contribution in [3.8, 4) is 0 Å². The molecule has 8 heteroatoms. The lowest BCUT2D eigenvalue weighted by molar-refractivity contribution is 0.181. The van der Waals surface area contributed by atoms with E-state index in [1.165, 1.54) is 6.26 Å². The Bertz CT molecular complexity index is 509. The minimum Gasteiger partial charge on any atom is -0.381 e. The van der Waals surface area contributed by atoms with Crippen LogP contribution in [0, 0.1) is 11.8 Å². The summed E-state index contributed by atoms with van der Waals surface area (Å²) in [7, 11) is -0.976. The van der Waals surface area contributed by atoms with Gasteiger partial charge in [0.05, 0.1) is 12.9 Å². The lowest BCUT2D eigenvalue weighted by Gasteiger charge is -2.30. The van der Waals surface area contributed by atoms with Gasteiger partial charge < -0.3 is 15.0 Å². The summed E-state index contributed by atoms with van der Waals surface area (Å²) in [5, 5.41) is 3.36. The first kappa shape index (κ1) is 19.5. The van der Waals surface area contributed by atoms with E-state index in [0.29, 0.717) is 24.9 Å². The molecule has 2 rings (SSSR count). The molecule has 0 aromatic heterocycles. The van der Waals surface area contributed by atoms with Crippen molar-refractivity contribution < 1.29 is 13.2 Å². The Hall–Kier alpha value is -0.860. The second-order valence-electron chi connectivity index (χ2n) is 6.91. The maximum atomic E-state index is 11.6. The molecule has 2 aliphatic heterocycles. The SMILES string of the molecule is CCNC(=NCC1CCN(S(C)(=O)=O)CC1)N(C)CC1CCOC1. The fourth-order valence-electron chi connectivity index (χ4n) is 3.31. The van der Waals surface area contributed by atoms with Crippen molar-refractivity contribution in [1.82, 2.24) is 14.5 Å². The summed E-state index contributed by atoms with van der Waals surface area (Å²) in [5.74, 6) is 1.98. The molecule has 0 bridgehead atoms. The molecule has 0 saturated carbocycles. The topological polar surface area (TPSA) is 74.2 Å². The average molecular weight is 361 g/mol. The quantitative estimate of drug-likeness (QED) is 0.554. The van der Waals surface area contributed by atoms with Gasteiger partial charge >= 0.3 is 0 Å². The molecule has 140 valence electrons. The van der Waals surface area contributed by atoms with Crippen molar-refractivity contribution in [3.05, 3.63) is 0 Å². The Kier molecular flexibility index (Phi) is 7.31. The van der Waals surface area contributed by atoms with E-state index in [1.54, 1.807) is 4.31 Å². The summed E-state index contributed by atoms with van der Waals surface area (Å²) in [5.41, 5.74) is 0. The summed E-state index contributed by atoms with van der Waals surface area (Å²) < 4.78 is 30.2. The number of piperidine rings is 1. The number of rotatable bonds is 6. The standard InChI is InChI=1S/C16H32N4O3S/c1-4-17-16(19(2)12-15-7-10-23-13-15)18-11-14-5-8-20(9-6-14)24(3,21)22/h14-15H,4-13H2,1-3H3,(H,17,18). The molecule has 1 N–H and O–H groups in total. The van der Waals surface area contributed by atoms with Crippen molar-refractivity contribution in [2.24, 2.45) is 16.8 Å². The van der Waals surface area contributed by atoms with E-state index < -0.39 is 10.0 Å². The highest BCUT2D eigenvalue weighted by atomic mass is 32.2. The molecule has 2 saturated heterocycles. The van der Waals surface area contributed by atoms with Gasteiger partial charge in [-0.25, -0.2) is 12.7 Å². The molecule has 0 amide bonds. The minimum atomic E-state index is -3.05. The first-order valence-electron chi connectivity index (χ1n) is 8.92. The largest absolute Gasteiger partial charge is 0.381 e. The van der Waals surface area contributed by atoms with Gasteiger partial charge in [0.1, 0.15) is 0 Å². The van der Waals surface area contributed by atoms with Gasteiger partial charge in [-0.05, 0) is 32.1 Å². The van der Waals surface area contributed by atoms with Gasteiger partial charge in [-0.3, -0.25) is 4.99 Å². The highest BCUT2D eigenvalue weighted by Crippen LogP contribution is 2.19. The molecule has 24 heavy (non-hydrogen) atoms. The van der Waals surface area contributed by atoms with E-state index in [1.807, 2.05) is 0 Å². The number of aliphatic imine (C=N–C) groups is 1. The Morgan fingerprint density at radius 2 is 2.00 bits per heavy atom. The van der Waals surface area contributed by atoms with Crippen molar-refractivity contribution in [2.45, 2.75) is 26.2 Å². The van der Waals surface area contributed by atoms with Crippen LogP contribution in [0.4, 0.5) is 0 Å². The molecule has 1 unspecified atom stereocenters. The Balaban J connectivity index is 1.84. The second-order valence-corrected chi connectivity index (χ2v) is 8.89. The van der Waals surface area contributed by atoms with Crippen LogP contribution >= 0.6 is 0 Å². The van der Waals surface area contributed by atoms with Gasteiger partial charge in [-0.15, -0.1) is 0 Å². The van der Waals surface area contributed by atoms with Crippen LogP contribution in [0.3, 0.4) is 0 Å². The lowest BCUT2D eigenvalue weighted by atomic mass is 9.98. The number of guanidine groups is 1. The zero-order chi connectivity index (χ0) is 17.6. The first-order chi connectivity index (χ1) is 11.4. The van der Waals surface area contributed by atoms with E-state index in [0.717, 1.165) is 58.1 Å². The summed E-state index contributed by atoms with van der Waals surface area (Å²) in [4.78, 5) is 6.98. The maximum Gasteiger partial charge on any atom is 0.211 e. The van der Waals surface area contributed by atoms with E-state index in [2.05, 4.69) is 24.2 Å². The highest BCUT2D eigenvalue weighted by molar-refractivity contribution is 7.88. The van der Waals surface area contributed by atoms with Crippen molar-refractivity contribution in [2.75, 3.05) is 59.2 Å². The number of ether oxygens (including phenoxy) is 1. The molecule has 0 spiro atoms. The third kappa shape index (κ3) is 5.89. The third-order valence-corrected chi connectivity index (χ3v) is 6.10. The number of nitrogens with zero attached hydrogens (tertiary/aromatic N) is 3. The summed E-state index contributed by atoms with van der Waals surface area (Å²) in [6.45, 7) is 7.57. The van der Waals surface area contributed by atoms with Crippen LogP contribution in [0.2, 0.25) is 0 Å². The highest BCUT2D eigenvalue weighted by Gasteiger charge is 2.25. The number of nitrogens with one attached hydrogen (secondary N) is 1. The third-order valence-electron chi connectivity index (χ3n) is 4.79. The normalized spacial score (nSPS) is 24.3. The fourth-order valence-corrected chi connectivity index (χ4v) is 4.18. The smallest absolute Gasteiger partial charge is 0.211 e. The second kappa shape index (κ2) is 9.01. The first-order valence-corrected chi connectivity index (χ1v) is 10.8. The van der Waals surface area contributed by atoms with Gasteiger partial charge in [0, 0.05) is 52.3 Å². The molecule has 0 aromatic rings. The summed E-state index contributed by atoms with van der Waals surface area (Å²) >= 11 is 0. The molecule has 2 aliphatic rings. The molecule has 0 radical (unpaired) electrons. The minimum absolute atomic E-state index is 0.458. The van der Waals surface area contributed by atoms with Gasteiger partial charge in [-0.1, -0.05) is 0 Å². The van der Waals surface area contributed by atoms with Crippen LogP contribution in [-0.4, -0.2) is 82.8 Å². The molecule has 2 heterocycles. The van der Waals surface area contributed by atoms with Crippen LogP contribution in [0.5, 0.6) is 0 Å². The molecule has 2 fully saturated rings. The number of hydrogen-bond donors (Lipinski definition) is 1. The van der Waals surface area contributed by atoms with Crippen molar-refractivity contribution in [3.63, 3.8) is 0 Å². The molecular formula is C16H32N4O3S. The Morgan fingerprint density at radius 3 is 2.54 bits per heavy atom. The van der Waals surface area contributed by atoms with Crippen molar-refractivity contribution >= 4 is 16.0 Å². The van der Waals surface area contributed by atoms with E-state index in [-0.39, 0.29) is 0 Å². The summed E-state index contributed by atoms with van der Waals surface area (Å²) in [6.07, 6.45) is 4.18. The predicted octanol–water partition coefficient (Wildman–Crippen LogP) is 0.592. The van der Waals surface area contributed by atoms with Crippen molar-refractivity contribution in [1.29, 1.82) is 0 Å². The summed E-state index contributed by atoms with van der Waals surface area (Å²) in [6, 6.07) is 0. The van der Waals surface area contributed by atoms with E-state index in [4.69, 9.17) is 9.73 Å². The molecule has 0 aromatic carbocycles. The van der Waals surface area contributed by atoms with Gasteiger partial charge in [0.2, 0.25) is 10.0 Å². The zero-order valence-electron chi connectivity index (χ0n) is 15.2. The van der Waals surface area contributed by atoms with E-state index in [9.17, 15) is 8.42 Å². The fraction of sp³-hybridized carbons (Fsp3) is 0.938. The average Bonchev–Trinajstić information content (AvgIpc) is 3.03. The zero-order valence-corrected chi connectivity index (χ0v) is 16.0. The van der Waals surface area contributed by atoms with Crippen LogP contribution in [0.15, 0.2) is 4.99 Å². The van der Waals surface area contributed by atoms with Gasteiger partial charge in [-0.2, -0.15) is 0 Å². The number of sulfonamides is 1. The van der Waals surface area contributed by atoms with Gasteiger partial charge in [0.25, 0.3) is 0 Å². The van der Waals surface area contributed by atoms with Crippen LogP contribution in [-0.2, 0) is 14.8 Å². The van der Waals surface area contributed by atoms with Crippen LogP contribution in [0.25, 0.3) is 0 Å². The van der Waals surface area contributed by atoms with Crippen LogP contribution in [0.1, 0.15) is 26.2 Å². The van der Waals surface area contributed by atoms with E-state index >= 15 is 0 Å². The predicted molar refractivity (Wildman–Crippen MR) is 96.7 cm³/mol. The molecular weight excluding hydrogens is 328 g/mol. The molecule has 1 atom stereocenters. The number of hydrogen-bond acceptors (Lipinski definition) is 4. The Morgan fingerprint density at radius 1 is 1.29 bits per heavy atom. The monoisotopic (exact) mass is 360 g/mol. The van der Waals surface area contributed by atoms with Crippen LogP contribution < -0.4 is 5.32 Å². The van der Waals surface area contributed by atoms with Gasteiger partial charge in [0.15, 0.2) is 5.96 Å². The lowest BCUT2D eigenvalue weighted by Crippen LogP contribution is -2.42.